The van der Waals surface area contributed by atoms with Crippen LogP contribution in [0, 0.1) is 0 Å². The van der Waals surface area contributed by atoms with Gasteiger partial charge in [0.15, 0.2) is 0 Å². The Morgan fingerprint density at radius 1 is 1.00 bits per heavy atom. The van der Waals surface area contributed by atoms with Crippen LogP contribution < -0.4 is 4.72 Å². The first-order valence-corrected chi connectivity index (χ1v) is 11.7. The van der Waals surface area contributed by atoms with Crippen LogP contribution in [0.3, 0.4) is 0 Å². The molecule has 0 bridgehead atoms. The van der Waals surface area contributed by atoms with E-state index in [1.807, 2.05) is 0 Å². The van der Waals surface area contributed by atoms with Crippen molar-refractivity contribution in [3.63, 3.8) is 0 Å². The number of nitrogens with zero attached hydrogens (tertiary/aromatic N) is 1. The Labute approximate surface area is 156 Å². The van der Waals surface area contributed by atoms with Crippen LogP contribution >= 0.6 is 22.9 Å². The molecule has 136 valence electrons. The van der Waals surface area contributed by atoms with Crippen molar-refractivity contribution in [2.45, 2.75) is 28.5 Å². The quantitative estimate of drug-likeness (QED) is 0.778. The van der Waals surface area contributed by atoms with E-state index in [1.165, 1.54) is 34.6 Å². The first-order valence-electron chi connectivity index (χ1n) is 7.63. The van der Waals surface area contributed by atoms with E-state index in [0.717, 1.165) is 24.2 Å². The molecule has 2 aromatic rings. The van der Waals surface area contributed by atoms with Gasteiger partial charge in [-0.15, -0.1) is 11.3 Å². The maximum atomic E-state index is 12.5. The van der Waals surface area contributed by atoms with Gasteiger partial charge in [0.1, 0.15) is 4.21 Å². The Hall–Kier alpha value is -0.970. The van der Waals surface area contributed by atoms with Crippen molar-refractivity contribution in [2.75, 3.05) is 13.1 Å². The number of hydrogen-bond donors (Lipinski definition) is 1. The minimum Gasteiger partial charge on any atom is -0.207 e. The van der Waals surface area contributed by atoms with E-state index < -0.39 is 20.0 Å². The van der Waals surface area contributed by atoms with Gasteiger partial charge in [0, 0.05) is 29.5 Å². The summed E-state index contributed by atoms with van der Waals surface area (Å²) in [6, 6.07) is 9.01. The van der Waals surface area contributed by atoms with Gasteiger partial charge in [-0.25, -0.2) is 21.6 Å². The summed E-state index contributed by atoms with van der Waals surface area (Å²) >= 11 is 6.85. The summed E-state index contributed by atoms with van der Waals surface area (Å²) in [6.45, 7) is 1.11. The lowest BCUT2D eigenvalue weighted by Gasteiger charge is -2.13. The second kappa shape index (κ2) is 7.34. The molecule has 6 nitrogen and oxygen atoms in total. The molecule has 1 fully saturated rings. The number of hydrogen-bond acceptors (Lipinski definition) is 5. The molecule has 0 atom stereocenters. The molecule has 1 aromatic heterocycles. The normalized spacial score (nSPS) is 16.4. The largest absolute Gasteiger partial charge is 0.252 e. The predicted octanol–water partition coefficient (Wildman–Crippen LogP) is 2.66. The van der Waals surface area contributed by atoms with Crippen molar-refractivity contribution in [1.82, 2.24) is 9.03 Å². The van der Waals surface area contributed by atoms with E-state index in [2.05, 4.69) is 4.72 Å². The van der Waals surface area contributed by atoms with Crippen molar-refractivity contribution in [1.29, 1.82) is 0 Å². The Morgan fingerprint density at radius 2 is 1.64 bits per heavy atom. The average Bonchev–Trinajstić information content (AvgIpc) is 3.26. The van der Waals surface area contributed by atoms with Gasteiger partial charge in [-0.05, 0) is 49.2 Å². The third-order valence-corrected chi connectivity index (χ3v) is 8.98. The topological polar surface area (TPSA) is 83.5 Å². The molecule has 0 amide bonds. The van der Waals surface area contributed by atoms with Crippen LogP contribution in [0.4, 0.5) is 0 Å². The highest BCUT2D eigenvalue weighted by Gasteiger charge is 2.28. The molecule has 1 aliphatic heterocycles. The van der Waals surface area contributed by atoms with Crippen LogP contribution in [0.1, 0.15) is 17.7 Å². The standard InChI is InChI=1S/C15H17ClN2O4S3/c16-12-3-6-14(7-4-12)24(19,20)17-11-13-5-8-15(23-13)25(21,22)18-9-1-2-10-18/h3-8,17H,1-2,9-11H2. The predicted molar refractivity (Wildman–Crippen MR) is 97.8 cm³/mol. The number of sulfonamides is 2. The van der Waals surface area contributed by atoms with Crippen LogP contribution in [0.15, 0.2) is 45.5 Å². The van der Waals surface area contributed by atoms with Crippen LogP contribution in [0.5, 0.6) is 0 Å². The van der Waals surface area contributed by atoms with Gasteiger partial charge in [-0.1, -0.05) is 11.6 Å². The lowest BCUT2D eigenvalue weighted by molar-refractivity contribution is 0.479. The number of thiophene rings is 1. The summed E-state index contributed by atoms with van der Waals surface area (Å²) in [5.41, 5.74) is 0. The van der Waals surface area contributed by atoms with Gasteiger partial charge in [0.05, 0.1) is 4.90 Å². The molecule has 3 rings (SSSR count). The first-order chi connectivity index (χ1) is 11.8. The van der Waals surface area contributed by atoms with Crippen LogP contribution in [0.2, 0.25) is 5.02 Å². The maximum absolute atomic E-state index is 12.5. The van der Waals surface area contributed by atoms with Crippen molar-refractivity contribution in [3.05, 3.63) is 46.3 Å². The van der Waals surface area contributed by atoms with E-state index >= 15 is 0 Å². The zero-order valence-electron chi connectivity index (χ0n) is 13.2. The molecule has 1 N–H and O–H groups in total. The van der Waals surface area contributed by atoms with E-state index in [4.69, 9.17) is 11.6 Å². The first kappa shape index (κ1) is 18.8. The molecule has 1 saturated heterocycles. The molecule has 2 heterocycles. The molecule has 0 aliphatic carbocycles. The molecule has 0 spiro atoms. The number of nitrogens with one attached hydrogen (secondary N) is 1. The van der Waals surface area contributed by atoms with E-state index in [-0.39, 0.29) is 15.6 Å². The van der Waals surface area contributed by atoms with E-state index in [9.17, 15) is 16.8 Å². The molecule has 25 heavy (non-hydrogen) atoms. The summed E-state index contributed by atoms with van der Waals surface area (Å²) in [6.07, 6.45) is 1.75. The Morgan fingerprint density at radius 3 is 2.28 bits per heavy atom. The van der Waals surface area contributed by atoms with Crippen molar-refractivity contribution in [2.24, 2.45) is 0 Å². The lowest BCUT2D eigenvalue weighted by atomic mass is 10.4. The van der Waals surface area contributed by atoms with E-state index in [0.29, 0.717) is 23.0 Å². The van der Waals surface area contributed by atoms with Gasteiger partial charge in [-0.2, -0.15) is 4.31 Å². The molecular weight excluding hydrogens is 404 g/mol. The number of rotatable bonds is 6. The number of halogens is 1. The molecule has 10 heteroatoms. The van der Waals surface area contributed by atoms with Crippen LogP contribution in [-0.2, 0) is 26.6 Å². The zero-order valence-corrected chi connectivity index (χ0v) is 16.4. The van der Waals surface area contributed by atoms with Crippen molar-refractivity contribution < 1.29 is 16.8 Å². The highest BCUT2D eigenvalue weighted by molar-refractivity contribution is 7.91. The molecule has 0 saturated carbocycles. The maximum Gasteiger partial charge on any atom is 0.252 e. The highest BCUT2D eigenvalue weighted by Crippen LogP contribution is 2.27. The lowest BCUT2D eigenvalue weighted by Crippen LogP contribution is -2.27. The third-order valence-electron chi connectivity index (χ3n) is 3.86. The highest BCUT2D eigenvalue weighted by atomic mass is 35.5. The summed E-state index contributed by atoms with van der Waals surface area (Å²) in [7, 11) is -7.15. The average molecular weight is 421 g/mol. The summed E-state index contributed by atoms with van der Waals surface area (Å²) in [5, 5.41) is 0.453. The third kappa shape index (κ3) is 4.24. The van der Waals surface area contributed by atoms with Gasteiger partial charge in [-0.3, -0.25) is 0 Å². The second-order valence-electron chi connectivity index (χ2n) is 5.61. The fourth-order valence-electron chi connectivity index (χ4n) is 2.51. The zero-order chi connectivity index (χ0) is 18.1. The Bertz CT molecular complexity index is 947. The second-order valence-corrected chi connectivity index (χ2v) is 11.1. The molecule has 0 unspecified atom stereocenters. The number of benzene rings is 1. The Kier molecular flexibility index (Phi) is 5.52. The van der Waals surface area contributed by atoms with Crippen LogP contribution in [-0.4, -0.2) is 34.2 Å². The molecule has 1 aliphatic rings. The van der Waals surface area contributed by atoms with E-state index in [1.54, 1.807) is 6.07 Å². The molecular formula is C15H17ClN2O4S3. The molecule has 1 aromatic carbocycles. The fraction of sp³-hybridized carbons (Fsp3) is 0.333. The summed E-state index contributed by atoms with van der Waals surface area (Å²) in [5.74, 6) is 0. The van der Waals surface area contributed by atoms with Gasteiger partial charge >= 0.3 is 0 Å². The molecule has 0 radical (unpaired) electrons. The summed E-state index contributed by atoms with van der Waals surface area (Å²) < 4.78 is 53.7. The minimum atomic E-state index is -3.68. The minimum absolute atomic E-state index is 0.0329. The SMILES string of the molecule is O=S(=O)(NCc1ccc(S(=O)(=O)N2CCCC2)s1)c1ccc(Cl)cc1. The fourth-order valence-corrected chi connectivity index (χ4v) is 6.70. The van der Waals surface area contributed by atoms with Crippen molar-refractivity contribution >= 4 is 43.0 Å². The van der Waals surface area contributed by atoms with Gasteiger partial charge in [0.2, 0.25) is 10.0 Å². The summed E-state index contributed by atoms with van der Waals surface area (Å²) in [4.78, 5) is 0.744. The van der Waals surface area contributed by atoms with Crippen molar-refractivity contribution in [3.8, 4) is 0 Å². The van der Waals surface area contributed by atoms with Gasteiger partial charge in [0.25, 0.3) is 10.0 Å². The smallest absolute Gasteiger partial charge is 0.207 e. The monoisotopic (exact) mass is 420 g/mol. The van der Waals surface area contributed by atoms with Crippen LogP contribution in [0.25, 0.3) is 0 Å². The Balaban J connectivity index is 1.70. The van der Waals surface area contributed by atoms with Gasteiger partial charge < -0.3 is 0 Å².